The highest BCUT2D eigenvalue weighted by Crippen LogP contribution is 2.09. The van der Waals surface area contributed by atoms with E-state index in [1.807, 2.05) is 0 Å². The molecule has 0 saturated heterocycles. The van der Waals surface area contributed by atoms with Crippen molar-refractivity contribution < 1.29 is 9.47 Å². The van der Waals surface area contributed by atoms with Crippen LogP contribution in [0.4, 0.5) is 0 Å². The zero-order chi connectivity index (χ0) is 11.5. The molecule has 0 heterocycles. The molecule has 15 heavy (non-hydrogen) atoms. The molecule has 0 bridgehead atoms. The molecule has 0 rings (SSSR count). The van der Waals surface area contributed by atoms with Crippen molar-refractivity contribution in [3.8, 4) is 0 Å². The summed E-state index contributed by atoms with van der Waals surface area (Å²) in [6.07, 6.45) is 2.72. The second-order valence-electron chi connectivity index (χ2n) is 2.58. The second kappa shape index (κ2) is 10.7. The third-order valence-electron chi connectivity index (χ3n) is 1.44. The van der Waals surface area contributed by atoms with Gasteiger partial charge in [-0.2, -0.15) is 0 Å². The third kappa shape index (κ3) is 10.5. The van der Waals surface area contributed by atoms with Crippen molar-refractivity contribution in [2.75, 3.05) is 13.2 Å². The zero-order valence-electron chi connectivity index (χ0n) is 8.02. The van der Waals surface area contributed by atoms with Gasteiger partial charge >= 0.3 is 0 Å². The average Bonchev–Trinajstić information content (AvgIpc) is 2.26. The highest BCUT2D eigenvalue weighted by molar-refractivity contribution is 6.35. The van der Waals surface area contributed by atoms with Crippen LogP contribution in [-0.4, -0.2) is 13.2 Å². The number of hydrogen-bond donors (Lipinski definition) is 0. The highest BCUT2D eigenvalue weighted by Gasteiger charge is 1.95. The van der Waals surface area contributed by atoms with Crippen LogP contribution in [0.25, 0.3) is 0 Å². The Morgan fingerprint density at radius 2 is 1.20 bits per heavy atom. The van der Waals surface area contributed by atoms with Crippen LogP contribution in [0.15, 0.2) is 21.5 Å². The molecule has 0 N–H and O–H groups in total. The molecule has 0 atom stereocenters. The molecular formula is C9H12Cl4O2. The minimum absolute atomic E-state index is 0.209. The van der Waals surface area contributed by atoms with Crippen molar-refractivity contribution in [1.82, 2.24) is 0 Å². The Hall–Kier alpha value is 0.240. The Kier molecular flexibility index (Phi) is 10.9. The monoisotopic (exact) mass is 292 g/mol. The van der Waals surface area contributed by atoms with Crippen LogP contribution in [0.2, 0.25) is 0 Å². The van der Waals surface area contributed by atoms with Crippen molar-refractivity contribution in [2.45, 2.75) is 19.3 Å². The lowest BCUT2D eigenvalue weighted by molar-refractivity contribution is 0.207. The van der Waals surface area contributed by atoms with E-state index in [0.29, 0.717) is 13.2 Å². The van der Waals surface area contributed by atoms with E-state index < -0.39 is 0 Å². The first-order valence-electron chi connectivity index (χ1n) is 4.38. The van der Waals surface area contributed by atoms with Crippen LogP contribution >= 0.6 is 46.4 Å². The molecule has 2 nitrogen and oxygen atoms in total. The van der Waals surface area contributed by atoms with Crippen molar-refractivity contribution in [2.24, 2.45) is 0 Å². The van der Waals surface area contributed by atoms with E-state index in [9.17, 15) is 0 Å². The van der Waals surface area contributed by atoms with Gasteiger partial charge in [0.15, 0.2) is 10.4 Å². The van der Waals surface area contributed by atoms with Gasteiger partial charge in [0.05, 0.1) is 24.3 Å². The predicted molar refractivity (Wildman–Crippen MR) is 65.3 cm³/mol. The van der Waals surface area contributed by atoms with E-state index in [-0.39, 0.29) is 10.4 Å². The quantitative estimate of drug-likeness (QED) is 0.475. The van der Waals surface area contributed by atoms with Crippen LogP contribution in [-0.2, 0) is 9.47 Å². The lowest BCUT2D eigenvalue weighted by Gasteiger charge is -2.04. The van der Waals surface area contributed by atoms with E-state index in [2.05, 4.69) is 0 Å². The van der Waals surface area contributed by atoms with Crippen LogP contribution in [0.5, 0.6) is 0 Å². The fourth-order valence-electron chi connectivity index (χ4n) is 0.783. The summed E-state index contributed by atoms with van der Waals surface area (Å²) in [5, 5.41) is 0.419. The van der Waals surface area contributed by atoms with Crippen LogP contribution in [0.1, 0.15) is 19.3 Å². The van der Waals surface area contributed by atoms with Gasteiger partial charge < -0.3 is 9.47 Å². The number of halogens is 4. The van der Waals surface area contributed by atoms with Gasteiger partial charge in [0.2, 0.25) is 0 Å². The van der Waals surface area contributed by atoms with Gasteiger partial charge in [0.1, 0.15) is 0 Å². The van der Waals surface area contributed by atoms with E-state index in [1.165, 1.54) is 11.1 Å². The van der Waals surface area contributed by atoms with Crippen LogP contribution < -0.4 is 0 Å². The third-order valence-corrected chi connectivity index (χ3v) is 2.50. The highest BCUT2D eigenvalue weighted by atomic mass is 35.5. The first-order chi connectivity index (χ1) is 7.20. The summed E-state index contributed by atoms with van der Waals surface area (Å²) in [4.78, 5) is 0. The van der Waals surface area contributed by atoms with Gasteiger partial charge in [-0.25, -0.2) is 0 Å². The van der Waals surface area contributed by atoms with Gasteiger partial charge in [-0.3, -0.25) is 0 Å². The predicted octanol–water partition coefficient (Wildman–Crippen LogP) is 4.74. The summed E-state index contributed by atoms with van der Waals surface area (Å²) >= 11 is 21.6. The smallest absolute Gasteiger partial charge is 0.198 e. The summed E-state index contributed by atoms with van der Waals surface area (Å²) < 4.78 is 10.1. The largest absolute Gasteiger partial charge is 0.482 e. The van der Waals surface area contributed by atoms with Gasteiger partial charge in [-0.05, 0) is 42.5 Å². The molecule has 0 aliphatic heterocycles. The Bertz CT molecular complexity index is 194. The topological polar surface area (TPSA) is 18.5 Å². The summed E-state index contributed by atoms with van der Waals surface area (Å²) in [7, 11) is 0. The van der Waals surface area contributed by atoms with Gasteiger partial charge in [-0.15, -0.1) is 0 Å². The Morgan fingerprint density at radius 3 is 1.53 bits per heavy atom. The van der Waals surface area contributed by atoms with E-state index >= 15 is 0 Å². The van der Waals surface area contributed by atoms with Crippen molar-refractivity contribution in [3.63, 3.8) is 0 Å². The van der Waals surface area contributed by atoms with Crippen molar-refractivity contribution in [3.05, 3.63) is 21.5 Å². The number of ether oxygens (including phenoxy) is 2. The molecule has 0 spiro atoms. The second-order valence-corrected chi connectivity index (χ2v) is 3.77. The molecule has 0 aliphatic carbocycles. The maximum atomic E-state index is 5.51. The van der Waals surface area contributed by atoms with Gasteiger partial charge in [0.25, 0.3) is 0 Å². The standard InChI is InChI=1S/C9H12Cl4O2/c10-6-8(12)14-4-2-1-3-5-15-9(13)7-11/h6-7H,1-5H2. The van der Waals surface area contributed by atoms with E-state index in [4.69, 9.17) is 55.9 Å². The Labute approximate surface area is 110 Å². The zero-order valence-corrected chi connectivity index (χ0v) is 11.0. The maximum Gasteiger partial charge on any atom is 0.198 e. The molecule has 0 saturated carbocycles. The van der Waals surface area contributed by atoms with Crippen molar-refractivity contribution in [1.29, 1.82) is 0 Å². The molecule has 88 valence electrons. The van der Waals surface area contributed by atoms with E-state index in [0.717, 1.165) is 19.3 Å². The molecule has 0 radical (unpaired) electrons. The Balaban J connectivity index is 3.19. The Morgan fingerprint density at radius 1 is 0.800 bits per heavy atom. The van der Waals surface area contributed by atoms with Gasteiger partial charge in [-0.1, -0.05) is 23.2 Å². The lowest BCUT2D eigenvalue weighted by atomic mass is 10.2. The lowest BCUT2D eigenvalue weighted by Crippen LogP contribution is -1.94. The summed E-state index contributed by atoms with van der Waals surface area (Å²) in [6.45, 7) is 1.09. The van der Waals surface area contributed by atoms with Crippen molar-refractivity contribution >= 4 is 46.4 Å². The molecule has 0 amide bonds. The number of hydrogen-bond acceptors (Lipinski definition) is 2. The fourth-order valence-corrected chi connectivity index (χ4v) is 1.06. The molecule has 0 aromatic rings. The number of rotatable bonds is 8. The molecule has 0 aromatic heterocycles. The van der Waals surface area contributed by atoms with E-state index in [1.54, 1.807) is 0 Å². The van der Waals surface area contributed by atoms with Crippen LogP contribution in [0, 0.1) is 0 Å². The summed E-state index contributed by atoms with van der Waals surface area (Å²) in [5.74, 6) is 0. The molecular weight excluding hydrogens is 282 g/mol. The SMILES string of the molecule is ClC=C(Cl)OCCCCCOC(Cl)=CCl. The molecule has 0 aliphatic rings. The first-order valence-corrected chi connectivity index (χ1v) is 6.01. The first kappa shape index (κ1) is 15.2. The molecule has 6 heteroatoms. The van der Waals surface area contributed by atoms with Crippen LogP contribution in [0.3, 0.4) is 0 Å². The molecule has 0 aromatic carbocycles. The minimum atomic E-state index is 0.209. The average molecular weight is 294 g/mol. The molecule has 0 fully saturated rings. The number of unbranched alkanes of at least 4 members (excludes halogenated alkanes) is 2. The summed E-state index contributed by atoms with van der Waals surface area (Å²) in [5.41, 5.74) is 2.38. The van der Waals surface area contributed by atoms with Gasteiger partial charge in [0, 0.05) is 0 Å². The summed E-state index contributed by atoms with van der Waals surface area (Å²) in [6, 6.07) is 0. The normalized spacial score (nSPS) is 12.8. The molecule has 0 unspecified atom stereocenters. The fraction of sp³-hybridized carbons (Fsp3) is 0.556. The minimum Gasteiger partial charge on any atom is -0.482 e. The maximum absolute atomic E-state index is 5.51.